The standard InChI is InChI=1S/C29H26FN3O4/c30-24-15-14-21(16-25(24)32-27(35)19-6-2-1-3-7-19)31-26(34)20-12-10-18(11-13-20)17-33-28(36)22-8-4-5-9-23(22)29(33)37/h4-5,8-16,19H,1-3,6-7,17H2,(H,31,34)(H,32,35). The first-order chi connectivity index (χ1) is 17.9. The van der Waals surface area contributed by atoms with E-state index in [2.05, 4.69) is 10.6 Å². The second kappa shape index (κ2) is 10.3. The summed E-state index contributed by atoms with van der Waals surface area (Å²) in [6.45, 7) is 0.0935. The summed E-state index contributed by atoms with van der Waals surface area (Å²) in [5.74, 6) is -1.99. The zero-order valence-electron chi connectivity index (χ0n) is 20.1. The Morgan fingerprint density at radius 3 is 2.14 bits per heavy atom. The Kier molecular flexibility index (Phi) is 6.81. The van der Waals surface area contributed by atoms with Gasteiger partial charge in [0.1, 0.15) is 5.82 Å². The van der Waals surface area contributed by atoms with Crippen molar-refractivity contribution < 1.29 is 23.6 Å². The van der Waals surface area contributed by atoms with Crippen LogP contribution in [-0.4, -0.2) is 28.5 Å². The molecule has 1 heterocycles. The SMILES string of the molecule is O=C(Nc1ccc(F)c(NC(=O)C2CCCCC2)c1)c1ccc(CN2C(=O)c3ccccc3C2=O)cc1. The molecule has 188 valence electrons. The van der Waals surface area contributed by atoms with E-state index < -0.39 is 11.7 Å². The number of benzene rings is 3. The zero-order valence-corrected chi connectivity index (χ0v) is 20.1. The molecule has 0 radical (unpaired) electrons. The Bertz CT molecular complexity index is 1350. The number of carbonyl (C=O) groups excluding carboxylic acids is 4. The number of fused-ring (bicyclic) bond motifs is 1. The molecule has 0 spiro atoms. The predicted molar refractivity (Wildman–Crippen MR) is 137 cm³/mol. The summed E-state index contributed by atoms with van der Waals surface area (Å²) < 4.78 is 14.3. The number of nitrogens with zero attached hydrogens (tertiary/aromatic N) is 1. The Balaban J connectivity index is 1.22. The zero-order chi connectivity index (χ0) is 25.9. The quantitative estimate of drug-likeness (QED) is 0.445. The first-order valence-corrected chi connectivity index (χ1v) is 12.4. The monoisotopic (exact) mass is 499 g/mol. The summed E-state index contributed by atoms with van der Waals surface area (Å²) in [7, 11) is 0. The van der Waals surface area contributed by atoms with E-state index in [4.69, 9.17) is 0 Å². The van der Waals surface area contributed by atoms with Gasteiger partial charge in [-0.1, -0.05) is 43.5 Å². The van der Waals surface area contributed by atoms with Crippen molar-refractivity contribution in [3.8, 4) is 0 Å². The molecule has 3 aromatic rings. The maximum atomic E-state index is 14.3. The number of rotatable bonds is 6. The second-order valence-corrected chi connectivity index (χ2v) is 9.41. The van der Waals surface area contributed by atoms with Gasteiger partial charge in [0.25, 0.3) is 17.7 Å². The van der Waals surface area contributed by atoms with E-state index >= 15 is 0 Å². The van der Waals surface area contributed by atoms with Crippen LogP contribution in [0, 0.1) is 11.7 Å². The summed E-state index contributed by atoms with van der Waals surface area (Å²) in [6.07, 6.45) is 4.70. The van der Waals surface area contributed by atoms with Crippen LogP contribution in [-0.2, 0) is 11.3 Å². The Labute approximate surface area is 213 Å². The molecule has 8 heteroatoms. The lowest BCUT2D eigenvalue weighted by molar-refractivity contribution is -0.120. The van der Waals surface area contributed by atoms with Crippen molar-refractivity contribution in [2.75, 3.05) is 10.6 Å². The molecule has 1 aliphatic carbocycles. The van der Waals surface area contributed by atoms with Crippen molar-refractivity contribution in [3.05, 3.63) is 94.8 Å². The van der Waals surface area contributed by atoms with Gasteiger partial charge in [-0.25, -0.2) is 4.39 Å². The number of hydrogen-bond acceptors (Lipinski definition) is 4. The number of carbonyl (C=O) groups is 4. The molecule has 0 bridgehead atoms. The third-order valence-corrected chi connectivity index (χ3v) is 6.89. The van der Waals surface area contributed by atoms with Crippen molar-refractivity contribution in [2.45, 2.75) is 38.6 Å². The topological polar surface area (TPSA) is 95.6 Å². The van der Waals surface area contributed by atoms with Gasteiger partial charge in [-0.15, -0.1) is 0 Å². The molecule has 0 aromatic heterocycles. The molecule has 0 unspecified atom stereocenters. The van der Waals surface area contributed by atoms with Gasteiger partial charge < -0.3 is 10.6 Å². The number of nitrogens with one attached hydrogen (secondary N) is 2. The van der Waals surface area contributed by atoms with Crippen LogP contribution in [0.15, 0.2) is 66.7 Å². The molecule has 5 rings (SSSR count). The third kappa shape index (κ3) is 5.14. The molecule has 2 N–H and O–H groups in total. The Morgan fingerprint density at radius 2 is 1.49 bits per heavy atom. The van der Waals surface area contributed by atoms with Crippen molar-refractivity contribution in [1.29, 1.82) is 0 Å². The fraction of sp³-hybridized carbons (Fsp3) is 0.241. The van der Waals surface area contributed by atoms with E-state index in [1.165, 1.54) is 23.1 Å². The number of hydrogen-bond donors (Lipinski definition) is 2. The lowest BCUT2D eigenvalue weighted by atomic mass is 9.88. The predicted octanol–water partition coefficient (Wildman–Crippen LogP) is 5.39. The minimum Gasteiger partial charge on any atom is -0.323 e. The van der Waals surface area contributed by atoms with Crippen LogP contribution in [0.1, 0.15) is 68.7 Å². The van der Waals surface area contributed by atoms with E-state index in [9.17, 15) is 23.6 Å². The molecule has 2 aliphatic rings. The average molecular weight is 500 g/mol. The summed E-state index contributed by atoms with van der Waals surface area (Å²) in [5.41, 5.74) is 2.20. The summed E-state index contributed by atoms with van der Waals surface area (Å²) >= 11 is 0. The van der Waals surface area contributed by atoms with E-state index in [-0.39, 0.29) is 35.9 Å². The number of amides is 4. The molecule has 37 heavy (non-hydrogen) atoms. The minimum atomic E-state index is -0.570. The van der Waals surface area contributed by atoms with Crippen LogP contribution < -0.4 is 10.6 Å². The molecule has 1 aliphatic heterocycles. The third-order valence-electron chi connectivity index (χ3n) is 6.89. The van der Waals surface area contributed by atoms with Crippen LogP contribution in [0.5, 0.6) is 0 Å². The first-order valence-electron chi connectivity index (χ1n) is 12.4. The van der Waals surface area contributed by atoms with Crippen LogP contribution >= 0.6 is 0 Å². The lowest BCUT2D eigenvalue weighted by Crippen LogP contribution is -2.29. The molecule has 7 nitrogen and oxygen atoms in total. The van der Waals surface area contributed by atoms with E-state index in [1.54, 1.807) is 48.5 Å². The summed E-state index contributed by atoms with van der Waals surface area (Å²) in [6, 6.07) is 17.3. The van der Waals surface area contributed by atoms with Crippen molar-refractivity contribution in [3.63, 3.8) is 0 Å². The highest BCUT2D eigenvalue weighted by molar-refractivity contribution is 6.21. The maximum absolute atomic E-state index is 14.3. The highest BCUT2D eigenvalue weighted by Gasteiger charge is 2.35. The van der Waals surface area contributed by atoms with E-state index in [1.807, 2.05) is 0 Å². The van der Waals surface area contributed by atoms with E-state index in [0.717, 1.165) is 32.1 Å². The molecule has 0 atom stereocenters. The number of halogens is 1. The van der Waals surface area contributed by atoms with Gasteiger partial charge >= 0.3 is 0 Å². The van der Waals surface area contributed by atoms with Gasteiger partial charge in [-0.2, -0.15) is 0 Å². The Morgan fingerprint density at radius 1 is 0.838 bits per heavy atom. The second-order valence-electron chi connectivity index (χ2n) is 9.41. The molecular weight excluding hydrogens is 473 g/mol. The maximum Gasteiger partial charge on any atom is 0.261 e. The largest absolute Gasteiger partial charge is 0.323 e. The van der Waals surface area contributed by atoms with Gasteiger partial charge in [-0.3, -0.25) is 24.1 Å². The average Bonchev–Trinajstić information content (AvgIpc) is 3.16. The molecule has 3 aromatic carbocycles. The lowest BCUT2D eigenvalue weighted by Gasteiger charge is -2.21. The van der Waals surface area contributed by atoms with Crippen LogP contribution in [0.3, 0.4) is 0 Å². The van der Waals surface area contributed by atoms with Gasteiger partial charge in [-0.05, 0) is 60.9 Å². The number of anilines is 2. The fourth-order valence-corrected chi connectivity index (χ4v) is 4.83. The van der Waals surface area contributed by atoms with Gasteiger partial charge in [0.2, 0.25) is 5.91 Å². The number of imide groups is 1. The van der Waals surface area contributed by atoms with Gasteiger partial charge in [0.05, 0.1) is 23.4 Å². The molecule has 1 fully saturated rings. The molecule has 0 saturated heterocycles. The highest BCUT2D eigenvalue weighted by Crippen LogP contribution is 2.27. The Hall–Kier alpha value is -4.33. The van der Waals surface area contributed by atoms with Crippen LogP contribution in [0.2, 0.25) is 0 Å². The fourth-order valence-electron chi connectivity index (χ4n) is 4.83. The summed E-state index contributed by atoms with van der Waals surface area (Å²) in [5, 5.41) is 5.39. The first kappa shape index (κ1) is 24.4. The normalized spacial score (nSPS) is 15.4. The van der Waals surface area contributed by atoms with E-state index in [0.29, 0.717) is 27.9 Å². The smallest absolute Gasteiger partial charge is 0.261 e. The van der Waals surface area contributed by atoms with Gasteiger partial charge in [0.15, 0.2) is 0 Å². The van der Waals surface area contributed by atoms with Crippen molar-refractivity contribution >= 4 is 35.0 Å². The van der Waals surface area contributed by atoms with Crippen LogP contribution in [0.25, 0.3) is 0 Å². The van der Waals surface area contributed by atoms with Crippen LogP contribution in [0.4, 0.5) is 15.8 Å². The molecule has 4 amide bonds. The minimum absolute atomic E-state index is 0.0321. The van der Waals surface area contributed by atoms with Crippen molar-refractivity contribution in [1.82, 2.24) is 4.90 Å². The summed E-state index contributed by atoms with van der Waals surface area (Å²) in [4.78, 5) is 51.7. The molecular formula is C29H26FN3O4. The highest BCUT2D eigenvalue weighted by atomic mass is 19.1. The van der Waals surface area contributed by atoms with Gasteiger partial charge in [0, 0.05) is 17.2 Å². The molecule has 1 saturated carbocycles. The van der Waals surface area contributed by atoms with Crippen molar-refractivity contribution in [2.24, 2.45) is 5.92 Å².